The van der Waals surface area contributed by atoms with E-state index in [4.69, 9.17) is 0 Å². The smallest absolute Gasteiger partial charge is 0.115 e. The molecule has 19 heavy (non-hydrogen) atoms. The Morgan fingerprint density at radius 1 is 1.26 bits per heavy atom. The van der Waals surface area contributed by atoms with Crippen molar-refractivity contribution in [1.29, 1.82) is 0 Å². The first-order valence-corrected chi connectivity index (χ1v) is 7.67. The molecule has 1 N–H and O–H groups in total. The van der Waals surface area contributed by atoms with E-state index in [0.29, 0.717) is 11.8 Å². The van der Waals surface area contributed by atoms with Crippen LogP contribution < -0.4 is 0 Å². The molecule has 0 saturated carbocycles. The Morgan fingerprint density at radius 3 is 2.58 bits per heavy atom. The predicted molar refractivity (Wildman–Crippen MR) is 80.5 cm³/mol. The summed E-state index contributed by atoms with van der Waals surface area (Å²) in [5.41, 5.74) is 1.32. The summed E-state index contributed by atoms with van der Waals surface area (Å²) < 4.78 is 0. The zero-order valence-electron chi connectivity index (χ0n) is 12.5. The first-order chi connectivity index (χ1) is 9.11. The van der Waals surface area contributed by atoms with E-state index in [-0.39, 0.29) is 0 Å². The Hall–Kier alpha value is -1.02. The second-order valence-corrected chi connectivity index (χ2v) is 5.99. The molecule has 1 aromatic carbocycles. The average Bonchev–Trinajstić information content (AvgIpc) is 2.79. The van der Waals surface area contributed by atoms with Gasteiger partial charge in [0.25, 0.3) is 0 Å². The molecule has 0 radical (unpaired) electrons. The van der Waals surface area contributed by atoms with Gasteiger partial charge in [-0.1, -0.05) is 19.1 Å². The molecule has 1 heterocycles. The highest BCUT2D eigenvalue weighted by molar-refractivity contribution is 5.25. The van der Waals surface area contributed by atoms with Gasteiger partial charge in [0, 0.05) is 18.1 Å². The molecular formula is C17H27NO. The van der Waals surface area contributed by atoms with Crippen LogP contribution in [0.4, 0.5) is 0 Å². The van der Waals surface area contributed by atoms with E-state index < -0.39 is 0 Å². The van der Waals surface area contributed by atoms with Crippen molar-refractivity contribution >= 4 is 0 Å². The summed E-state index contributed by atoms with van der Waals surface area (Å²) in [6.07, 6.45) is 6.28. The minimum atomic E-state index is 0.357. The van der Waals surface area contributed by atoms with E-state index in [1.165, 1.54) is 31.2 Å². The maximum Gasteiger partial charge on any atom is 0.115 e. The standard InChI is InChI=1S/C17H27NO/c1-4-16-10-6-14(3)18(16)13(2)5-7-15-8-11-17(19)12-9-15/h8-9,11-14,16,19H,4-7,10H2,1-3H3. The molecule has 106 valence electrons. The number of phenolic OH excluding ortho intramolecular Hbond substituents is 1. The van der Waals surface area contributed by atoms with Crippen LogP contribution in [0.2, 0.25) is 0 Å². The second-order valence-electron chi connectivity index (χ2n) is 5.99. The van der Waals surface area contributed by atoms with Gasteiger partial charge in [0.15, 0.2) is 0 Å². The highest BCUT2D eigenvalue weighted by Crippen LogP contribution is 2.29. The minimum Gasteiger partial charge on any atom is -0.508 e. The molecule has 0 aromatic heterocycles. The van der Waals surface area contributed by atoms with Crippen molar-refractivity contribution in [3.05, 3.63) is 29.8 Å². The fourth-order valence-corrected chi connectivity index (χ4v) is 3.49. The van der Waals surface area contributed by atoms with E-state index in [1.807, 2.05) is 12.1 Å². The lowest BCUT2D eigenvalue weighted by molar-refractivity contribution is 0.137. The summed E-state index contributed by atoms with van der Waals surface area (Å²) >= 11 is 0. The molecule has 3 unspecified atom stereocenters. The van der Waals surface area contributed by atoms with Gasteiger partial charge in [-0.25, -0.2) is 0 Å². The van der Waals surface area contributed by atoms with Crippen LogP contribution in [-0.4, -0.2) is 28.1 Å². The van der Waals surface area contributed by atoms with Crippen LogP contribution >= 0.6 is 0 Å². The first kappa shape index (κ1) is 14.4. The van der Waals surface area contributed by atoms with Crippen LogP contribution in [-0.2, 0) is 6.42 Å². The monoisotopic (exact) mass is 261 g/mol. The minimum absolute atomic E-state index is 0.357. The van der Waals surface area contributed by atoms with Gasteiger partial charge >= 0.3 is 0 Å². The fourth-order valence-electron chi connectivity index (χ4n) is 3.49. The third-order valence-electron chi connectivity index (χ3n) is 4.62. The summed E-state index contributed by atoms with van der Waals surface area (Å²) in [5.74, 6) is 0.357. The summed E-state index contributed by atoms with van der Waals surface area (Å²) in [4.78, 5) is 2.72. The van der Waals surface area contributed by atoms with Crippen molar-refractivity contribution in [2.75, 3.05) is 0 Å². The number of hydrogen-bond donors (Lipinski definition) is 1. The zero-order valence-corrected chi connectivity index (χ0v) is 12.5. The number of benzene rings is 1. The maximum atomic E-state index is 9.30. The van der Waals surface area contributed by atoms with Gasteiger partial charge in [-0.3, -0.25) is 4.90 Å². The van der Waals surface area contributed by atoms with Gasteiger partial charge in [-0.2, -0.15) is 0 Å². The Bertz CT molecular complexity index is 387. The van der Waals surface area contributed by atoms with Crippen LogP contribution in [0.1, 0.15) is 52.0 Å². The highest BCUT2D eigenvalue weighted by atomic mass is 16.3. The van der Waals surface area contributed by atoms with Gasteiger partial charge in [-0.15, -0.1) is 0 Å². The number of likely N-dealkylation sites (tertiary alicyclic amines) is 1. The van der Waals surface area contributed by atoms with Gasteiger partial charge in [-0.05, 0) is 63.6 Å². The normalized spacial score (nSPS) is 25.6. The average molecular weight is 261 g/mol. The number of aryl methyl sites for hydroxylation is 1. The van der Waals surface area contributed by atoms with Gasteiger partial charge in [0.2, 0.25) is 0 Å². The van der Waals surface area contributed by atoms with E-state index >= 15 is 0 Å². The van der Waals surface area contributed by atoms with Crippen LogP contribution in [0.25, 0.3) is 0 Å². The Morgan fingerprint density at radius 2 is 1.95 bits per heavy atom. The van der Waals surface area contributed by atoms with Crippen molar-refractivity contribution in [1.82, 2.24) is 4.90 Å². The second kappa shape index (κ2) is 6.42. The lowest BCUT2D eigenvalue weighted by Gasteiger charge is -2.34. The Labute approximate surface area is 117 Å². The maximum absolute atomic E-state index is 9.30. The van der Waals surface area contributed by atoms with Crippen LogP contribution in [0.5, 0.6) is 5.75 Å². The van der Waals surface area contributed by atoms with E-state index in [0.717, 1.165) is 18.5 Å². The molecule has 0 bridgehead atoms. The van der Waals surface area contributed by atoms with Crippen LogP contribution in [0.3, 0.4) is 0 Å². The summed E-state index contributed by atoms with van der Waals surface area (Å²) in [6, 6.07) is 9.81. The van der Waals surface area contributed by atoms with Crippen molar-refractivity contribution < 1.29 is 5.11 Å². The predicted octanol–water partition coefficient (Wildman–Crippen LogP) is 3.98. The van der Waals surface area contributed by atoms with Crippen molar-refractivity contribution in [3.63, 3.8) is 0 Å². The van der Waals surface area contributed by atoms with Gasteiger partial charge in [0.05, 0.1) is 0 Å². The highest BCUT2D eigenvalue weighted by Gasteiger charge is 2.32. The zero-order chi connectivity index (χ0) is 13.8. The van der Waals surface area contributed by atoms with Crippen LogP contribution in [0.15, 0.2) is 24.3 Å². The Balaban J connectivity index is 1.89. The van der Waals surface area contributed by atoms with E-state index in [9.17, 15) is 5.11 Å². The molecule has 1 aromatic rings. The van der Waals surface area contributed by atoms with Crippen molar-refractivity contribution in [2.24, 2.45) is 0 Å². The van der Waals surface area contributed by atoms with E-state index in [1.54, 1.807) is 12.1 Å². The first-order valence-electron chi connectivity index (χ1n) is 7.67. The molecule has 0 spiro atoms. The van der Waals surface area contributed by atoms with Gasteiger partial charge in [0.1, 0.15) is 5.75 Å². The molecule has 1 saturated heterocycles. The number of aromatic hydroxyl groups is 1. The van der Waals surface area contributed by atoms with Crippen LogP contribution in [0, 0.1) is 0 Å². The lowest BCUT2D eigenvalue weighted by atomic mass is 10.0. The molecule has 0 aliphatic carbocycles. The fraction of sp³-hybridized carbons (Fsp3) is 0.647. The molecular weight excluding hydrogens is 234 g/mol. The number of nitrogens with zero attached hydrogens (tertiary/aromatic N) is 1. The molecule has 1 fully saturated rings. The molecule has 2 nitrogen and oxygen atoms in total. The molecule has 2 rings (SSSR count). The van der Waals surface area contributed by atoms with Crippen molar-refractivity contribution in [2.45, 2.75) is 71.0 Å². The molecule has 3 atom stereocenters. The Kier molecular flexibility index (Phi) is 4.87. The van der Waals surface area contributed by atoms with E-state index in [2.05, 4.69) is 25.7 Å². The third-order valence-corrected chi connectivity index (χ3v) is 4.62. The topological polar surface area (TPSA) is 23.5 Å². The van der Waals surface area contributed by atoms with Crippen molar-refractivity contribution in [3.8, 4) is 5.75 Å². The SMILES string of the molecule is CCC1CCC(C)N1C(C)CCc1ccc(O)cc1. The largest absolute Gasteiger partial charge is 0.508 e. The lowest BCUT2D eigenvalue weighted by Crippen LogP contribution is -2.41. The number of hydrogen-bond acceptors (Lipinski definition) is 2. The molecule has 1 aliphatic rings. The third kappa shape index (κ3) is 3.50. The number of phenols is 1. The molecule has 1 aliphatic heterocycles. The summed E-state index contributed by atoms with van der Waals surface area (Å²) in [5, 5.41) is 9.30. The number of rotatable bonds is 5. The molecule has 2 heteroatoms. The summed E-state index contributed by atoms with van der Waals surface area (Å²) in [7, 11) is 0. The van der Waals surface area contributed by atoms with Gasteiger partial charge < -0.3 is 5.11 Å². The summed E-state index contributed by atoms with van der Waals surface area (Å²) in [6.45, 7) is 7.04. The molecule has 0 amide bonds. The quantitative estimate of drug-likeness (QED) is 0.866.